The molecule has 1 amide bonds. The molecule has 1 aliphatic heterocycles. The number of likely N-dealkylation sites (tertiary alicyclic amines) is 1. The van der Waals surface area contributed by atoms with Gasteiger partial charge in [-0.25, -0.2) is 22.3 Å². The van der Waals surface area contributed by atoms with Crippen molar-refractivity contribution in [3.63, 3.8) is 0 Å². The summed E-state index contributed by atoms with van der Waals surface area (Å²) in [6, 6.07) is 10.3. The van der Waals surface area contributed by atoms with Gasteiger partial charge in [0.1, 0.15) is 22.2 Å². The highest BCUT2D eigenvalue weighted by atomic mass is 32.2. The number of rotatable bonds is 7. The van der Waals surface area contributed by atoms with Gasteiger partial charge in [-0.2, -0.15) is 5.10 Å². The topological polar surface area (TPSA) is 153 Å². The summed E-state index contributed by atoms with van der Waals surface area (Å²) in [5.41, 5.74) is 9.49. The number of halogens is 1. The van der Waals surface area contributed by atoms with Crippen LogP contribution >= 0.6 is 0 Å². The third-order valence-corrected chi connectivity index (χ3v) is 8.19. The fourth-order valence-electron chi connectivity index (χ4n) is 4.81. The summed E-state index contributed by atoms with van der Waals surface area (Å²) in [6.07, 6.45) is 3.74. The molecule has 4 aromatic rings. The van der Waals surface area contributed by atoms with Crippen LogP contribution in [0.2, 0.25) is 0 Å². The molecule has 0 saturated carbocycles. The molecule has 13 heteroatoms. The first-order valence-electron chi connectivity index (χ1n) is 12.2. The number of carboxylic acid groups (broad SMARTS) is 1. The highest BCUT2D eigenvalue weighted by molar-refractivity contribution is 7.89. The number of piperidine rings is 1. The van der Waals surface area contributed by atoms with Gasteiger partial charge >= 0.3 is 6.09 Å². The average Bonchev–Trinajstić information content (AvgIpc) is 3.33. The summed E-state index contributed by atoms with van der Waals surface area (Å²) in [5, 5.41) is 15.0. The Bertz CT molecular complexity index is 1640. The Labute approximate surface area is 224 Å². The molecule has 2 aromatic heterocycles. The monoisotopic (exact) mass is 554 g/mol. The van der Waals surface area contributed by atoms with Gasteiger partial charge in [0.05, 0.1) is 42.1 Å². The summed E-state index contributed by atoms with van der Waals surface area (Å²) in [7, 11) is -2.73. The summed E-state index contributed by atoms with van der Waals surface area (Å²) in [6.45, 7) is 0.766. The second kappa shape index (κ2) is 10.5. The first kappa shape index (κ1) is 26.4. The number of nitrogens with two attached hydrogens (primary N) is 1. The molecule has 2 aromatic carbocycles. The molecule has 1 aliphatic rings. The lowest BCUT2D eigenvalue weighted by molar-refractivity contribution is 0.120. The van der Waals surface area contributed by atoms with Crippen molar-refractivity contribution < 1.29 is 27.4 Å². The second-order valence-corrected chi connectivity index (χ2v) is 11.0. The molecular formula is C26H27FN6O5S. The second-order valence-electron chi connectivity index (χ2n) is 9.26. The zero-order valence-electron chi connectivity index (χ0n) is 21.0. The normalized spacial score (nSPS) is 15.9. The lowest BCUT2D eigenvalue weighted by Crippen LogP contribution is -2.40. The van der Waals surface area contributed by atoms with E-state index in [-0.39, 0.29) is 23.2 Å². The number of sulfonamides is 1. The summed E-state index contributed by atoms with van der Waals surface area (Å²) < 4.78 is 48.6. The first-order chi connectivity index (χ1) is 18.7. The smallest absolute Gasteiger partial charge is 0.407 e. The lowest BCUT2D eigenvalue weighted by atomic mass is 10.1. The minimum atomic E-state index is -4.04. The predicted molar refractivity (Wildman–Crippen MR) is 142 cm³/mol. The number of anilines is 1. The van der Waals surface area contributed by atoms with E-state index in [1.165, 1.54) is 18.1 Å². The van der Waals surface area contributed by atoms with Gasteiger partial charge in [-0.1, -0.05) is 24.3 Å². The molecule has 0 unspecified atom stereocenters. The van der Waals surface area contributed by atoms with Crippen LogP contribution in [0, 0.1) is 5.82 Å². The van der Waals surface area contributed by atoms with Crippen LogP contribution in [0.5, 0.6) is 5.75 Å². The fraction of sp³-hybridized carbons (Fsp3) is 0.269. The van der Waals surface area contributed by atoms with Crippen molar-refractivity contribution in [3.8, 4) is 17.0 Å². The van der Waals surface area contributed by atoms with E-state index in [2.05, 4.69) is 9.71 Å². The van der Waals surface area contributed by atoms with Gasteiger partial charge in [0.2, 0.25) is 10.0 Å². The van der Waals surface area contributed by atoms with E-state index in [0.29, 0.717) is 40.9 Å². The van der Waals surface area contributed by atoms with Crippen LogP contribution in [0.1, 0.15) is 24.4 Å². The maximum atomic E-state index is 13.7. The molecule has 1 fully saturated rings. The van der Waals surface area contributed by atoms with E-state index >= 15 is 0 Å². The number of nitrogen functional groups attached to an aromatic ring is 1. The molecule has 3 heterocycles. The largest absolute Gasteiger partial charge is 0.495 e. The Kier molecular flexibility index (Phi) is 7.10. The van der Waals surface area contributed by atoms with Gasteiger partial charge in [-0.05, 0) is 36.6 Å². The van der Waals surface area contributed by atoms with Crippen molar-refractivity contribution in [2.75, 3.05) is 25.9 Å². The number of ether oxygens (including phenoxy) is 1. The molecule has 0 radical (unpaired) electrons. The molecule has 11 nitrogen and oxygen atoms in total. The molecule has 0 bridgehead atoms. The molecule has 204 valence electrons. The lowest BCUT2D eigenvalue weighted by Gasteiger charge is -2.31. The SMILES string of the molecule is COc1ccc(F)cc1S(=O)(=O)NCc1ccc(-c2nn([C@@H]3CCCN(C(=O)O)C3)c3cncc(N)c23)cc1. The minimum absolute atomic E-state index is 0.0311. The predicted octanol–water partition coefficient (Wildman–Crippen LogP) is 3.62. The van der Waals surface area contributed by atoms with Gasteiger partial charge in [0.25, 0.3) is 0 Å². The summed E-state index contributed by atoms with van der Waals surface area (Å²) >= 11 is 0. The number of nitrogens with zero attached hydrogens (tertiary/aromatic N) is 4. The van der Waals surface area contributed by atoms with Crippen molar-refractivity contribution in [2.45, 2.75) is 30.3 Å². The molecule has 1 saturated heterocycles. The number of amides is 1. The number of hydrogen-bond acceptors (Lipinski definition) is 7. The van der Waals surface area contributed by atoms with Crippen LogP contribution in [0.25, 0.3) is 22.2 Å². The maximum Gasteiger partial charge on any atom is 0.407 e. The Morgan fingerprint density at radius 1 is 1.23 bits per heavy atom. The average molecular weight is 555 g/mol. The number of benzene rings is 2. The number of fused-ring (bicyclic) bond motifs is 1. The number of nitrogens with one attached hydrogen (secondary N) is 1. The van der Waals surface area contributed by atoms with E-state index in [4.69, 9.17) is 15.6 Å². The molecule has 0 aliphatic carbocycles. The molecule has 4 N–H and O–H groups in total. The summed E-state index contributed by atoms with van der Waals surface area (Å²) in [4.78, 5) is 16.9. The van der Waals surface area contributed by atoms with E-state index in [0.717, 1.165) is 30.5 Å². The Morgan fingerprint density at radius 3 is 2.72 bits per heavy atom. The van der Waals surface area contributed by atoms with Crippen molar-refractivity contribution in [1.82, 2.24) is 24.4 Å². The van der Waals surface area contributed by atoms with Crippen molar-refractivity contribution in [3.05, 3.63) is 66.2 Å². The van der Waals surface area contributed by atoms with E-state index in [1.54, 1.807) is 29.2 Å². The Balaban J connectivity index is 1.41. The zero-order valence-corrected chi connectivity index (χ0v) is 21.9. The van der Waals surface area contributed by atoms with Gasteiger partial charge in [-0.3, -0.25) is 9.67 Å². The van der Waals surface area contributed by atoms with Crippen LogP contribution < -0.4 is 15.2 Å². The third kappa shape index (κ3) is 5.22. The van der Waals surface area contributed by atoms with E-state index < -0.39 is 21.9 Å². The van der Waals surface area contributed by atoms with Crippen LogP contribution in [0.4, 0.5) is 14.9 Å². The van der Waals surface area contributed by atoms with E-state index in [9.17, 15) is 22.7 Å². The number of methoxy groups -OCH3 is 1. The number of aromatic nitrogens is 3. The van der Waals surface area contributed by atoms with Crippen LogP contribution in [0.15, 0.2) is 59.8 Å². The third-order valence-electron chi connectivity index (χ3n) is 6.77. The minimum Gasteiger partial charge on any atom is -0.495 e. The quantitative estimate of drug-likeness (QED) is 0.313. The first-order valence-corrected chi connectivity index (χ1v) is 13.7. The van der Waals surface area contributed by atoms with Crippen molar-refractivity contribution >= 4 is 32.7 Å². The van der Waals surface area contributed by atoms with Crippen LogP contribution in [-0.2, 0) is 16.6 Å². The Hall–Kier alpha value is -4.23. The molecule has 5 rings (SSSR count). The molecular weight excluding hydrogens is 527 g/mol. The highest BCUT2D eigenvalue weighted by Crippen LogP contribution is 2.35. The van der Waals surface area contributed by atoms with Gasteiger partial charge in [0, 0.05) is 25.2 Å². The highest BCUT2D eigenvalue weighted by Gasteiger charge is 2.28. The number of hydrogen-bond donors (Lipinski definition) is 3. The van der Waals surface area contributed by atoms with Crippen molar-refractivity contribution in [2.24, 2.45) is 0 Å². The van der Waals surface area contributed by atoms with Gasteiger partial charge < -0.3 is 20.5 Å². The van der Waals surface area contributed by atoms with Crippen LogP contribution in [0.3, 0.4) is 0 Å². The van der Waals surface area contributed by atoms with Gasteiger partial charge in [-0.15, -0.1) is 0 Å². The zero-order chi connectivity index (χ0) is 27.7. The number of pyridine rings is 1. The van der Waals surface area contributed by atoms with Crippen molar-refractivity contribution in [1.29, 1.82) is 0 Å². The fourth-order valence-corrected chi connectivity index (χ4v) is 6.01. The maximum absolute atomic E-state index is 13.7. The van der Waals surface area contributed by atoms with Crippen LogP contribution in [-0.4, -0.2) is 59.5 Å². The molecule has 39 heavy (non-hydrogen) atoms. The van der Waals surface area contributed by atoms with Gasteiger partial charge in [0.15, 0.2) is 0 Å². The molecule has 0 spiro atoms. The van der Waals surface area contributed by atoms with E-state index in [1.807, 2.05) is 12.1 Å². The summed E-state index contributed by atoms with van der Waals surface area (Å²) in [5.74, 6) is -0.649. The molecule has 1 atom stereocenters. The Morgan fingerprint density at radius 2 is 2.00 bits per heavy atom. The standard InChI is InChI=1S/C26H27FN6O5S/c1-38-22-9-8-18(27)11-23(22)39(36,37)30-12-16-4-6-17(7-5-16)25-24-20(28)13-29-14-21(24)33(31-25)19-3-2-10-32(15-19)26(34)35/h4-9,11,13-14,19,30H,2-3,10,12,15,28H2,1H3,(H,34,35)/t19-/m1/s1. The number of carbonyl (C=O) groups is 1.